The molecule has 0 amide bonds. The normalized spacial score (nSPS) is 15.3. The van der Waals surface area contributed by atoms with E-state index in [1.807, 2.05) is 6.07 Å². The molecular formula is C22H20F2N4O4S2. The van der Waals surface area contributed by atoms with Gasteiger partial charge in [0.25, 0.3) is 6.43 Å². The molecule has 0 radical (unpaired) electrons. The fraction of sp³-hybridized carbons (Fsp3) is 0.318. The van der Waals surface area contributed by atoms with Gasteiger partial charge < -0.3 is 9.47 Å². The number of imidazole rings is 1. The molecule has 5 rings (SSSR count). The molecule has 12 heteroatoms. The topological polar surface area (TPSA) is 95.7 Å². The number of hydrogen-bond donors (Lipinski definition) is 0. The standard InChI is InChI=1S/C22H20F2N4O4S2/c23-19(24)21-26-27-22(33-21)20-25-11-17-18(32-15-6-8-31-9-7-15)10-16(12-28(17)20)34(29,30)13-14-4-2-1-3-5-14/h1-5,10-12,15,19H,6-9,13H2. The van der Waals surface area contributed by atoms with Gasteiger partial charge in [-0.25, -0.2) is 22.2 Å². The highest BCUT2D eigenvalue weighted by Gasteiger charge is 2.25. The minimum atomic E-state index is -3.76. The Hall–Kier alpha value is -2.96. The van der Waals surface area contributed by atoms with Crippen LogP contribution in [0.15, 0.2) is 53.7 Å². The predicted octanol–water partition coefficient (Wildman–Crippen LogP) is 4.32. The third kappa shape index (κ3) is 4.65. The van der Waals surface area contributed by atoms with Crippen molar-refractivity contribution in [2.75, 3.05) is 13.2 Å². The number of fused-ring (bicyclic) bond motifs is 1. The molecule has 4 heterocycles. The molecule has 0 atom stereocenters. The Morgan fingerprint density at radius 2 is 1.94 bits per heavy atom. The highest BCUT2D eigenvalue weighted by molar-refractivity contribution is 7.90. The van der Waals surface area contributed by atoms with E-state index < -0.39 is 21.3 Å². The summed E-state index contributed by atoms with van der Waals surface area (Å²) in [6, 6.07) is 10.3. The van der Waals surface area contributed by atoms with E-state index >= 15 is 0 Å². The molecule has 3 aromatic heterocycles. The Morgan fingerprint density at radius 1 is 1.18 bits per heavy atom. The summed E-state index contributed by atoms with van der Waals surface area (Å²) in [6.45, 7) is 1.11. The van der Waals surface area contributed by atoms with Crippen LogP contribution in [0.3, 0.4) is 0 Å². The Labute approximate surface area is 198 Å². The zero-order valence-electron chi connectivity index (χ0n) is 17.8. The summed E-state index contributed by atoms with van der Waals surface area (Å²) in [4.78, 5) is 4.36. The molecule has 178 valence electrons. The average molecular weight is 507 g/mol. The summed E-state index contributed by atoms with van der Waals surface area (Å²) >= 11 is 0.709. The minimum Gasteiger partial charge on any atom is -0.488 e. The van der Waals surface area contributed by atoms with E-state index in [4.69, 9.17) is 9.47 Å². The van der Waals surface area contributed by atoms with Crippen LogP contribution in [0, 0.1) is 0 Å². The van der Waals surface area contributed by atoms with E-state index in [0.29, 0.717) is 54.2 Å². The van der Waals surface area contributed by atoms with Crippen LogP contribution in [0.5, 0.6) is 5.75 Å². The summed E-state index contributed by atoms with van der Waals surface area (Å²) in [7, 11) is -3.76. The van der Waals surface area contributed by atoms with Crippen molar-refractivity contribution in [1.82, 2.24) is 19.6 Å². The van der Waals surface area contributed by atoms with Gasteiger partial charge in [0.05, 0.1) is 30.1 Å². The highest BCUT2D eigenvalue weighted by atomic mass is 32.2. The van der Waals surface area contributed by atoms with Crippen LogP contribution in [-0.4, -0.2) is 47.3 Å². The van der Waals surface area contributed by atoms with Gasteiger partial charge in [0, 0.05) is 25.1 Å². The first kappa shape index (κ1) is 22.8. The van der Waals surface area contributed by atoms with Gasteiger partial charge in [-0.15, -0.1) is 10.2 Å². The fourth-order valence-corrected chi connectivity index (χ4v) is 5.77. The van der Waals surface area contributed by atoms with Gasteiger partial charge in [-0.05, 0) is 5.56 Å². The molecule has 1 aliphatic heterocycles. The molecule has 0 unspecified atom stereocenters. The summed E-state index contributed by atoms with van der Waals surface area (Å²) in [5, 5.41) is 7.08. The van der Waals surface area contributed by atoms with Crippen LogP contribution in [-0.2, 0) is 20.3 Å². The Balaban J connectivity index is 1.61. The van der Waals surface area contributed by atoms with Crippen LogP contribution in [0.25, 0.3) is 16.3 Å². The zero-order valence-corrected chi connectivity index (χ0v) is 19.4. The van der Waals surface area contributed by atoms with E-state index in [1.54, 1.807) is 24.3 Å². The predicted molar refractivity (Wildman–Crippen MR) is 121 cm³/mol. The average Bonchev–Trinajstić information content (AvgIpc) is 3.47. The van der Waals surface area contributed by atoms with E-state index in [9.17, 15) is 17.2 Å². The van der Waals surface area contributed by atoms with Crippen molar-refractivity contribution >= 4 is 26.7 Å². The van der Waals surface area contributed by atoms with Gasteiger partial charge in [0.15, 0.2) is 25.7 Å². The number of alkyl halides is 2. The van der Waals surface area contributed by atoms with Crippen LogP contribution in [0.1, 0.15) is 29.8 Å². The zero-order chi connectivity index (χ0) is 23.7. The lowest BCUT2D eigenvalue weighted by Gasteiger charge is -2.24. The smallest absolute Gasteiger partial charge is 0.291 e. The molecule has 4 aromatic rings. The fourth-order valence-electron chi connectivity index (χ4n) is 3.73. The number of sulfone groups is 1. The van der Waals surface area contributed by atoms with Crippen molar-refractivity contribution in [2.24, 2.45) is 0 Å². The minimum absolute atomic E-state index is 0.0313. The number of rotatable bonds is 7. The number of benzene rings is 1. The molecule has 0 aliphatic carbocycles. The van der Waals surface area contributed by atoms with Crippen molar-refractivity contribution in [1.29, 1.82) is 0 Å². The maximum Gasteiger partial charge on any atom is 0.291 e. The maximum absolute atomic E-state index is 13.3. The third-order valence-corrected chi connectivity index (χ3v) is 8.00. The van der Waals surface area contributed by atoms with Crippen molar-refractivity contribution < 1.29 is 26.7 Å². The molecule has 1 aromatic carbocycles. The number of hydrogen-bond acceptors (Lipinski definition) is 8. The summed E-state index contributed by atoms with van der Waals surface area (Å²) in [5.74, 6) is 0.361. The summed E-state index contributed by atoms with van der Waals surface area (Å²) in [6.07, 6.45) is 1.38. The second-order valence-electron chi connectivity index (χ2n) is 7.80. The molecule has 0 spiro atoms. The van der Waals surface area contributed by atoms with Crippen LogP contribution in [0.2, 0.25) is 0 Å². The van der Waals surface area contributed by atoms with Gasteiger partial charge >= 0.3 is 0 Å². The summed E-state index contributed by atoms with van der Waals surface area (Å²) in [5.41, 5.74) is 1.15. The van der Waals surface area contributed by atoms with Gasteiger partial charge in [0.2, 0.25) is 0 Å². The lowest BCUT2D eigenvalue weighted by Crippen LogP contribution is -2.26. The molecule has 0 bridgehead atoms. The molecule has 34 heavy (non-hydrogen) atoms. The van der Waals surface area contributed by atoms with E-state index in [2.05, 4.69) is 15.2 Å². The molecule has 8 nitrogen and oxygen atoms in total. The Kier molecular flexibility index (Phi) is 6.28. The highest BCUT2D eigenvalue weighted by Crippen LogP contribution is 2.34. The Morgan fingerprint density at radius 3 is 2.65 bits per heavy atom. The molecule has 1 aliphatic rings. The largest absolute Gasteiger partial charge is 0.488 e. The van der Waals surface area contributed by atoms with Crippen LogP contribution < -0.4 is 4.74 Å². The van der Waals surface area contributed by atoms with E-state index in [-0.39, 0.29) is 27.6 Å². The maximum atomic E-state index is 13.3. The summed E-state index contributed by atoms with van der Waals surface area (Å²) < 4.78 is 65.8. The third-order valence-electron chi connectivity index (χ3n) is 5.42. The van der Waals surface area contributed by atoms with Crippen molar-refractivity contribution in [3.63, 3.8) is 0 Å². The van der Waals surface area contributed by atoms with Gasteiger partial charge in [0.1, 0.15) is 17.4 Å². The van der Waals surface area contributed by atoms with Crippen molar-refractivity contribution in [2.45, 2.75) is 36.0 Å². The second kappa shape index (κ2) is 9.35. The monoisotopic (exact) mass is 506 g/mol. The van der Waals surface area contributed by atoms with Crippen LogP contribution in [0.4, 0.5) is 8.78 Å². The van der Waals surface area contributed by atoms with Gasteiger partial charge in [-0.2, -0.15) is 0 Å². The number of pyridine rings is 1. The van der Waals surface area contributed by atoms with E-state index in [1.165, 1.54) is 22.9 Å². The lowest BCUT2D eigenvalue weighted by atomic mass is 10.1. The SMILES string of the molecule is O=S(=O)(Cc1ccccc1)c1cc(OC2CCOCC2)c2cnc(-c3nnc(C(F)F)s3)n2c1. The molecule has 1 saturated heterocycles. The first-order valence-corrected chi connectivity index (χ1v) is 13.0. The number of halogens is 2. The lowest BCUT2D eigenvalue weighted by molar-refractivity contribution is 0.0259. The van der Waals surface area contributed by atoms with Crippen LogP contribution >= 0.6 is 11.3 Å². The van der Waals surface area contributed by atoms with E-state index in [0.717, 1.165) is 0 Å². The molecule has 0 N–H and O–H groups in total. The first-order valence-electron chi connectivity index (χ1n) is 10.5. The van der Waals surface area contributed by atoms with Gasteiger partial charge in [-0.3, -0.25) is 4.40 Å². The molecule has 1 fully saturated rings. The van der Waals surface area contributed by atoms with Crippen molar-refractivity contribution in [3.8, 4) is 16.6 Å². The van der Waals surface area contributed by atoms with Gasteiger partial charge in [-0.1, -0.05) is 41.7 Å². The molecular weight excluding hydrogens is 486 g/mol. The quantitative estimate of drug-likeness (QED) is 0.368. The number of nitrogens with zero attached hydrogens (tertiary/aromatic N) is 4. The number of ether oxygens (including phenoxy) is 2. The number of aromatic nitrogens is 4. The first-order chi connectivity index (χ1) is 16.4. The Bertz CT molecular complexity index is 1400. The molecule has 0 saturated carbocycles. The second-order valence-corrected chi connectivity index (χ2v) is 10.8. The van der Waals surface area contributed by atoms with Crippen molar-refractivity contribution in [3.05, 3.63) is 59.4 Å².